The number of hydrogen-bond acceptors (Lipinski definition) is 3. The van der Waals surface area contributed by atoms with E-state index in [1.165, 1.54) is 36.4 Å². The summed E-state index contributed by atoms with van der Waals surface area (Å²) >= 11 is 5.99. The minimum Gasteiger partial charge on any atom is -0.326 e. The van der Waals surface area contributed by atoms with Crippen LogP contribution in [-0.4, -0.2) is 17.7 Å². The lowest BCUT2D eigenvalue weighted by Crippen LogP contribution is -2.41. The third-order valence-electron chi connectivity index (χ3n) is 3.74. The van der Waals surface area contributed by atoms with E-state index in [2.05, 4.69) is 16.2 Å². The zero-order valence-electron chi connectivity index (χ0n) is 15.1. The van der Waals surface area contributed by atoms with Crippen LogP contribution in [0.2, 0.25) is 5.02 Å². The maximum Gasteiger partial charge on any atom is 0.262 e. The zero-order valence-corrected chi connectivity index (χ0v) is 15.8. The fourth-order valence-corrected chi connectivity index (χ4v) is 2.34. The molecule has 2 aromatic rings. The molecular weight excluding hydrogens is 385 g/mol. The monoisotopic (exact) mass is 403 g/mol. The van der Waals surface area contributed by atoms with E-state index in [0.717, 1.165) is 5.56 Å². The van der Waals surface area contributed by atoms with Gasteiger partial charge in [0.25, 0.3) is 5.91 Å². The maximum absolute atomic E-state index is 12.8. The number of rotatable bonds is 6. The highest BCUT2D eigenvalue weighted by Crippen LogP contribution is 2.23. The van der Waals surface area contributed by atoms with Crippen LogP contribution >= 0.6 is 11.6 Å². The molecule has 0 aliphatic heterocycles. The molecule has 3 N–H and O–H groups in total. The van der Waals surface area contributed by atoms with Crippen LogP contribution in [0.4, 0.5) is 10.1 Å². The van der Waals surface area contributed by atoms with Crippen molar-refractivity contribution in [2.24, 2.45) is 0 Å². The molecule has 0 saturated heterocycles. The van der Waals surface area contributed by atoms with Crippen molar-refractivity contribution < 1.29 is 18.8 Å². The first-order valence-corrected chi connectivity index (χ1v) is 8.80. The normalized spacial score (nSPS) is 10.5. The summed E-state index contributed by atoms with van der Waals surface area (Å²) in [6.07, 6.45) is 2.51. The van der Waals surface area contributed by atoms with Gasteiger partial charge in [0.1, 0.15) is 5.82 Å². The highest BCUT2D eigenvalue weighted by atomic mass is 35.5. The lowest BCUT2D eigenvalue weighted by atomic mass is 10.2. The molecule has 0 fully saturated rings. The topological polar surface area (TPSA) is 87.3 Å². The maximum atomic E-state index is 12.8. The van der Waals surface area contributed by atoms with Gasteiger partial charge in [-0.05, 0) is 48.4 Å². The first kappa shape index (κ1) is 21.1. The molecule has 2 rings (SSSR count). The fourth-order valence-electron chi connectivity index (χ4n) is 2.16. The number of nitrogens with one attached hydrogen (secondary N) is 3. The van der Waals surface area contributed by atoms with Crippen molar-refractivity contribution in [2.45, 2.75) is 19.8 Å². The Labute approximate surface area is 166 Å². The SMILES string of the molecule is Cc1c(Cl)cccc1NC(=O)CCC(=O)NNC(=O)C=Cc1ccc(F)cc1. The lowest BCUT2D eigenvalue weighted by Gasteiger charge is -2.09. The Morgan fingerprint density at radius 2 is 1.68 bits per heavy atom. The Hall–Kier alpha value is -3.19. The van der Waals surface area contributed by atoms with Crippen molar-refractivity contribution >= 4 is 41.1 Å². The van der Waals surface area contributed by atoms with Crippen molar-refractivity contribution in [3.63, 3.8) is 0 Å². The number of hydrogen-bond donors (Lipinski definition) is 3. The molecule has 0 unspecified atom stereocenters. The van der Waals surface area contributed by atoms with Gasteiger partial charge in [-0.15, -0.1) is 0 Å². The molecular formula is C20H19ClFN3O3. The Bertz CT molecular complexity index is 898. The third-order valence-corrected chi connectivity index (χ3v) is 4.15. The average molecular weight is 404 g/mol. The van der Waals surface area contributed by atoms with Crippen LogP contribution in [0.1, 0.15) is 24.0 Å². The van der Waals surface area contributed by atoms with Crippen LogP contribution in [0, 0.1) is 12.7 Å². The summed E-state index contributed by atoms with van der Waals surface area (Å²) < 4.78 is 12.8. The van der Waals surface area contributed by atoms with Gasteiger partial charge in [0, 0.05) is 29.6 Å². The van der Waals surface area contributed by atoms with Gasteiger partial charge in [0.15, 0.2) is 0 Å². The third kappa shape index (κ3) is 6.85. The molecule has 146 valence electrons. The second kappa shape index (κ2) is 10.2. The number of hydrazine groups is 1. The smallest absolute Gasteiger partial charge is 0.262 e. The van der Waals surface area contributed by atoms with E-state index < -0.39 is 11.8 Å². The van der Waals surface area contributed by atoms with Crippen molar-refractivity contribution in [1.29, 1.82) is 0 Å². The summed E-state index contributed by atoms with van der Waals surface area (Å²) in [7, 11) is 0. The summed E-state index contributed by atoms with van der Waals surface area (Å²) in [5.41, 5.74) is 6.38. The molecule has 3 amide bonds. The molecule has 8 heteroatoms. The summed E-state index contributed by atoms with van der Waals surface area (Å²) in [6.45, 7) is 1.78. The largest absolute Gasteiger partial charge is 0.326 e. The molecule has 0 atom stereocenters. The molecule has 0 saturated carbocycles. The lowest BCUT2D eigenvalue weighted by molar-refractivity contribution is -0.128. The molecule has 0 radical (unpaired) electrons. The second-order valence-corrected chi connectivity index (χ2v) is 6.29. The highest BCUT2D eigenvalue weighted by molar-refractivity contribution is 6.31. The number of anilines is 1. The van der Waals surface area contributed by atoms with Gasteiger partial charge in [-0.3, -0.25) is 25.2 Å². The van der Waals surface area contributed by atoms with Crippen LogP contribution in [0.5, 0.6) is 0 Å². The average Bonchev–Trinajstić information content (AvgIpc) is 2.68. The number of carbonyl (C=O) groups is 3. The standard InChI is InChI=1S/C20H19ClFN3O3/c1-13-16(21)3-2-4-17(13)23-18(26)11-12-20(28)25-24-19(27)10-7-14-5-8-15(22)9-6-14/h2-10H,11-12H2,1H3,(H,23,26)(H,24,27)(H,25,28). The second-order valence-electron chi connectivity index (χ2n) is 5.88. The predicted octanol–water partition coefficient (Wildman–Crippen LogP) is 3.37. The first-order valence-electron chi connectivity index (χ1n) is 8.42. The van der Waals surface area contributed by atoms with Gasteiger partial charge < -0.3 is 5.32 Å². The Kier molecular flexibility index (Phi) is 7.71. The van der Waals surface area contributed by atoms with E-state index in [1.54, 1.807) is 25.1 Å². The van der Waals surface area contributed by atoms with E-state index in [9.17, 15) is 18.8 Å². The van der Waals surface area contributed by atoms with Crippen molar-refractivity contribution in [3.05, 3.63) is 70.5 Å². The van der Waals surface area contributed by atoms with Crippen molar-refractivity contribution in [3.8, 4) is 0 Å². The van der Waals surface area contributed by atoms with Gasteiger partial charge in [-0.1, -0.05) is 29.8 Å². The molecule has 2 aromatic carbocycles. The van der Waals surface area contributed by atoms with Gasteiger partial charge in [-0.25, -0.2) is 4.39 Å². The summed E-state index contributed by atoms with van der Waals surface area (Å²) in [4.78, 5) is 35.3. The van der Waals surface area contributed by atoms with Gasteiger partial charge >= 0.3 is 0 Å². The van der Waals surface area contributed by atoms with E-state index >= 15 is 0 Å². The molecule has 0 aromatic heterocycles. The molecule has 6 nitrogen and oxygen atoms in total. The van der Waals surface area contributed by atoms with Crippen molar-refractivity contribution in [1.82, 2.24) is 10.9 Å². The minimum atomic E-state index is -0.559. The first-order chi connectivity index (χ1) is 13.3. The van der Waals surface area contributed by atoms with E-state index in [1.807, 2.05) is 0 Å². The summed E-state index contributed by atoms with van der Waals surface area (Å²) in [5, 5.41) is 3.22. The van der Waals surface area contributed by atoms with Crippen molar-refractivity contribution in [2.75, 3.05) is 5.32 Å². The molecule has 0 spiro atoms. The molecule has 0 bridgehead atoms. The van der Waals surface area contributed by atoms with Crippen LogP contribution in [0.15, 0.2) is 48.5 Å². The molecule has 0 heterocycles. The van der Waals surface area contributed by atoms with Crippen LogP contribution < -0.4 is 16.2 Å². The highest BCUT2D eigenvalue weighted by Gasteiger charge is 2.10. The Balaban J connectivity index is 1.71. The number of carbonyl (C=O) groups excluding carboxylic acids is 3. The number of halogens is 2. The van der Waals surface area contributed by atoms with E-state index in [0.29, 0.717) is 16.3 Å². The van der Waals surface area contributed by atoms with E-state index in [4.69, 9.17) is 11.6 Å². The minimum absolute atomic E-state index is 0.0565. The van der Waals surface area contributed by atoms with Crippen LogP contribution in [0.3, 0.4) is 0 Å². The van der Waals surface area contributed by atoms with E-state index in [-0.39, 0.29) is 24.6 Å². The van der Waals surface area contributed by atoms with Crippen LogP contribution in [-0.2, 0) is 14.4 Å². The molecule has 28 heavy (non-hydrogen) atoms. The fraction of sp³-hybridized carbons (Fsp3) is 0.150. The number of amides is 3. The molecule has 0 aliphatic carbocycles. The number of benzene rings is 2. The van der Waals surface area contributed by atoms with Gasteiger partial charge in [0.2, 0.25) is 11.8 Å². The van der Waals surface area contributed by atoms with Gasteiger partial charge in [0.05, 0.1) is 0 Å². The Morgan fingerprint density at radius 1 is 1.00 bits per heavy atom. The van der Waals surface area contributed by atoms with Gasteiger partial charge in [-0.2, -0.15) is 0 Å². The predicted molar refractivity (Wildman–Crippen MR) is 106 cm³/mol. The van der Waals surface area contributed by atoms with Crippen LogP contribution in [0.25, 0.3) is 6.08 Å². The molecule has 0 aliphatic rings. The zero-order chi connectivity index (χ0) is 20.5. The summed E-state index contributed by atoms with van der Waals surface area (Å²) in [5.74, 6) is -1.79. The Morgan fingerprint density at radius 3 is 2.39 bits per heavy atom. The summed E-state index contributed by atoms with van der Waals surface area (Å²) in [6, 6.07) is 10.7. The quantitative estimate of drug-likeness (QED) is 0.510.